The summed E-state index contributed by atoms with van der Waals surface area (Å²) in [6.07, 6.45) is 7.19. The van der Waals surface area contributed by atoms with Crippen LogP contribution in [0.4, 0.5) is 0 Å². The zero-order valence-electron chi connectivity index (χ0n) is 16.4. The van der Waals surface area contributed by atoms with Gasteiger partial charge in [0.2, 0.25) is 10.0 Å². The Morgan fingerprint density at radius 3 is 2.62 bits per heavy atom. The van der Waals surface area contributed by atoms with Gasteiger partial charge in [-0.2, -0.15) is 9.29 Å². The molecular weight excluding hydrogens is 388 g/mol. The van der Waals surface area contributed by atoms with Gasteiger partial charge in [0.15, 0.2) is 5.82 Å². The van der Waals surface area contributed by atoms with Crippen molar-refractivity contribution < 1.29 is 12.9 Å². The normalized spacial score (nSPS) is 17.6. The predicted molar refractivity (Wildman–Crippen MR) is 109 cm³/mol. The van der Waals surface area contributed by atoms with Gasteiger partial charge in [-0.15, -0.1) is 0 Å². The topological polar surface area (TPSA) is 89.2 Å². The number of pyridine rings is 1. The maximum absolute atomic E-state index is 13.1. The van der Waals surface area contributed by atoms with Crippen LogP contribution in [-0.4, -0.2) is 40.4 Å². The van der Waals surface area contributed by atoms with E-state index in [1.54, 1.807) is 28.8 Å². The molecule has 0 amide bonds. The van der Waals surface area contributed by atoms with E-state index in [2.05, 4.69) is 22.0 Å². The lowest BCUT2D eigenvalue weighted by molar-refractivity contribution is 0.364. The van der Waals surface area contributed by atoms with Gasteiger partial charge >= 0.3 is 0 Å². The molecule has 3 heterocycles. The van der Waals surface area contributed by atoms with Crippen molar-refractivity contribution in [1.29, 1.82) is 0 Å². The van der Waals surface area contributed by atoms with Crippen LogP contribution in [0.3, 0.4) is 0 Å². The minimum atomic E-state index is -3.49. The summed E-state index contributed by atoms with van der Waals surface area (Å²) in [4.78, 5) is 8.77. The summed E-state index contributed by atoms with van der Waals surface area (Å²) in [6.45, 7) is 2.61. The maximum Gasteiger partial charge on any atom is 0.258 e. The van der Waals surface area contributed by atoms with Crippen LogP contribution in [0.1, 0.15) is 37.6 Å². The number of hydrogen-bond donors (Lipinski definition) is 0. The smallest absolute Gasteiger partial charge is 0.258 e. The van der Waals surface area contributed by atoms with Crippen molar-refractivity contribution in [3.8, 4) is 11.5 Å². The summed E-state index contributed by atoms with van der Waals surface area (Å²) < 4.78 is 33.2. The highest BCUT2D eigenvalue weighted by Gasteiger charge is 2.35. The molecule has 0 aliphatic carbocycles. The third kappa shape index (κ3) is 4.23. The van der Waals surface area contributed by atoms with E-state index < -0.39 is 10.0 Å². The van der Waals surface area contributed by atoms with E-state index in [0.717, 1.165) is 30.4 Å². The molecule has 0 bridgehead atoms. The molecule has 0 radical (unpaired) electrons. The highest BCUT2D eigenvalue weighted by molar-refractivity contribution is 7.89. The van der Waals surface area contributed by atoms with E-state index in [9.17, 15) is 8.42 Å². The Morgan fingerprint density at radius 1 is 1.14 bits per heavy atom. The second-order valence-electron chi connectivity index (χ2n) is 7.20. The van der Waals surface area contributed by atoms with Crippen LogP contribution < -0.4 is 0 Å². The van der Waals surface area contributed by atoms with Crippen molar-refractivity contribution in [2.75, 3.05) is 6.54 Å². The van der Waals surface area contributed by atoms with Crippen molar-refractivity contribution in [3.63, 3.8) is 0 Å². The van der Waals surface area contributed by atoms with E-state index in [0.29, 0.717) is 36.0 Å². The van der Waals surface area contributed by atoms with E-state index in [4.69, 9.17) is 4.52 Å². The van der Waals surface area contributed by atoms with Gasteiger partial charge in [-0.05, 0) is 55.5 Å². The molecule has 1 aliphatic rings. The van der Waals surface area contributed by atoms with Crippen molar-refractivity contribution in [3.05, 3.63) is 60.2 Å². The Hall–Kier alpha value is -2.58. The summed E-state index contributed by atoms with van der Waals surface area (Å²) >= 11 is 0. The molecule has 152 valence electrons. The molecule has 2 aromatic heterocycles. The third-order valence-corrected chi connectivity index (χ3v) is 7.32. The molecule has 1 saturated heterocycles. The number of nitrogens with zero attached hydrogens (tertiary/aromatic N) is 4. The molecule has 1 aromatic carbocycles. The molecule has 1 fully saturated rings. The molecule has 1 unspecified atom stereocenters. The Morgan fingerprint density at radius 2 is 1.90 bits per heavy atom. The number of aromatic nitrogens is 3. The SMILES string of the molecule is CCc1ccc(S(=O)(=O)N2CCCC2CCc2noc(-c3ccncc3)n2)cc1. The first-order valence-corrected chi connectivity index (χ1v) is 11.4. The zero-order valence-corrected chi connectivity index (χ0v) is 17.2. The highest BCUT2D eigenvalue weighted by atomic mass is 32.2. The minimum absolute atomic E-state index is 0.0475. The van der Waals surface area contributed by atoms with Crippen molar-refractivity contribution >= 4 is 10.0 Å². The molecule has 1 aliphatic heterocycles. The van der Waals surface area contributed by atoms with Gasteiger partial charge in [0, 0.05) is 37.0 Å². The molecule has 7 nitrogen and oxygen atoms in total. The number of rotatable bonds is 7. The summed E-state index contributed by atoms with van der Waals surface area (Å²) in [5, 5.41) is 4.04. The van der Waals surface area contributed by atoms with Gasteiger partial charge in [-0.3, -0.25) is 4.98 Å². The Bertz CT molecular complexity index is 1050. The number of aryl methyl sites for hydroxylation is 2. The molecule has 1 atom stereocenters. The van der Waals surface area contributed by atoms with E-state index in [1.165, 1.54) is 0 Å². The summed E-state index contributed by atoms with van der Waals surface area (Å²) in [6, 6.07) is 10.8. The first-order valence-electron chi connectivity index (χ1n) is 9.91. The van der Waals surface area contributed by atoms with Crippen LogP contribution >= 0.6 is 0 Å². The van der Waals surface area contributed by atoms with Gasteiger partial charge in [-0.25, -0.2) is 8.42 Å². The lowest BCUT2D eigenvalue weighted by Gasteiger charge is -2.23. The Labute approximate surface area is 170 Å². The molecular formula is C21H24N4O3S. The standard InChI is InChI=1S/C21H24N4O3S/c1-2-16-5-8-19(9-6-16)29(26,27)25-15-3-4-18(25)7-10-20-23-21(28-24-20)17-11-13-22-14-12-17/h5-6,8-9,11-14,18H,2-4,7,10,15H2,1H3. The minimum Gasteiger partial charge on any atom is -0.334 e. The average Bonchev–Trinajstić information content (AvgIpc) is 3.43. The maximum atomic E-state index is 13.1. The fourth-order valence-corrected chi connectivity index (χ4v) is 5.43. The molecule has 0 saturated carbocycles. The first kappa shape index (κ1) is 19.7. The predicted octanol–water partition coefficient (Wildman–Crippen LogP) is 3.48. The highest BCUT2D eigenvalue weighted by Crippen LogP contribution is 2.29. The van der Waals surface area contributed by atoms with Crippen LogP contribution in [0, 0.1) is 0 Å². The van der Waals surface area contributed by atoms with Crippen LogP contribution in [0.25, 0.3) is 11.5 Å². The fraction of sp³-hybridized carbons (Fsp3) is 0.381. The largest absolute Gasteiger partial charge is 0.334 e. The monoisotopic (exact) mass is 412 g/mol. The number of benzene rings is 1. The Balaban J connectivity index is 1.44. The van der Waals surface area contributed by atoms with E-state index in [-0.39, 0.29) is 6.04 Å². The van der Waals surface area contributed by atoms with Crippen LogP contribution in [0.5, 0.6) is 0 Å². The molecule has 0 spiro atoms. The zero-order chi connectivity index (χ0) is 20.3. The van der Waals surface area contributed by atoms with Crippen molar-refractivity contribution in [1.82, 2.24) is 19.4 Å². The van der Waals surface area contributed by atoms with Crippen molar-refractivity contribution in [2.45, 2.75) is 50.0 Å². The molecule has 8 heteroatoms. The molecule has 29 heavy (non-hydrogen) atoms. The van der Waals surface area contributed by atoms with Gasteiger partial charge in [0.1, 0.15) is 0 Å². The quantitative estimate of drug-likeness (QED) is 0.590. The second-order valence-corrected chi connectivity index (χ2v) is 9.09. The summed E-state index contributed by atoms with van der Waals surface area (Å²) in [5.74, 6) is 1.04. The number of hydrogen-bond acceptors (Lipinski definition) is 6. The number of sulfonamides is 1. The summed E-state index contributed by atoms with van der Waals surface area (Å²) in [5.41, 5.74) is 1.95. The van der Waals surface area contributed by atoms with Gasteiger partial charge in [-0.1, -0.05) is 24.2 Å². The average molecular weight is 413 g/mol. The van der Waals surface area contributed by atoms with Crippen LogP contribution in [-0.2, 0) is 22.9 Å². The first-order chi connectivity index (χ1) is 14.1. The van der Waals surface area contributed by atoms with Gasteiger partial charge < -0.3 is 4.52 Å². The molecule has 3 aromatic rings. The van der Waals surface area contributed by atoms with E-state index >= 15 is 0 Å². The van der Waals surface area contributed by atoms with Crippen LogP contribution in [0.2, 0.25) is 0 Å². The van der Waals surface area contributed by atoms with Gasteiger partial charge in [0.25, 0.3) is 5.89 Å². The second kappa shape index (κ2) is 8.42. The molecule has 4 rings (SSSR count). The fourth-order valence-electron chi connectivity index (χ4n) is 3.71. The lowest BCUT2D eigenvalue weighted by atomic mass is 10.1. The third-order valence-electron chi connectivity index (χ3n) is 5.36. The van der Waals surface area contributed by atoms with Crippen molar-refractivity contribution in [2.24, 2.45) is 0 Å². The van der Waals surface area contributed by atoms with E-state index in [1.807, 2.05) is 24.3 Å². The van der Waals surface area contributed by atoms with Gasteiger partial charge in [0.05, 0.1) is 4.90 Å². The Kier molecular flexibility index (Phi) is 5.73. The van der Waals surface area contributed by atoms with Crippen LogP contribution in [0.15, 0.2) is 58.2 Å². The summed E-state index contributed by atoms with van der Waals surface area (Å²) in [7, 11) is -3.49. The molecule has 0 N–H and O–H groups in total. The lowest BCUT2D eigenvalue weighted by Crippen LogP contribution is -2.35.